The van der Waals surface area contributed by atoms with Gasteiger partial charge in [0, 0.05) is 151 Å². The van der Waals surface area contributed by atoms with E-state index in [4.69, 9.17) is 18.9 Å². The lowest BCUT2D eigenvalue weighted by Crippen LogP contribution is -2.48. The van der Waals surface area contributed by atoms with Crippen molar-refractivity contribution in [2.75, 3.05) is 212 Å². The number of morpholine rings is 1. The van der Waals surface area contributed by atoms with Crippen molar-refractivity contribution < 1.29 is 32.1 Å². The number of hydrogen-bond acceptors (Lipinski definition) is 13. The number of halogens is 3. The van der Waals surface area contributed by atoms with Crippen molar-refractivity contribution in [1.82, 2.24) is 44.1 Å². The molecule has 14 aliphatic rings. The Balaban J connectivity index is 0.000000584. The van der Waals surface area contributed by atoms with Crippen LogP contribution < -0.4 is 0 Å². The summed E-state index contributed by atoms with van der Waals surface area (Å²) in [5.74, 6) is 10.2. The summed E-state index contributed by atoms with van der Waals surface area (Å²) in [4.78, 5) is 21.8. The normalized spacial score (nSPS) is 26.2. The van der Waals surface area contributed by atoms with Crippen molar-refractivity contribution >= 4 is 0 Å². The van der Waals surface area contributed by atoms with Crippen molar-refractivity contribution in [3.8, 4) is 0 Å². The summed E-state index contributed by atoms with van der Waals surface area (Å²) in [6.45, 7) is 77.7. The number of nitrogens with zero attached hydrogens (tertiary/aromatic N) is 9. The second-order valence-electron chi connectivity index (χ2n) is 37.8. The molecule has 0 spiro atoms. The summed E-state index contributed by atoms with van der Waals surface area (Å²) >= 11 is 0. The molecule has 648 valence electrons. The Morgan fingerprint density at radius 2 is 0.944 bits per heavy atom. The number of alkyl halides is 3. The number of likely N-dealkylation sites (tertiary alicyclic amines) is 8. The molecule has 4 aliphatic carbocycles. The van der Waals surface area contributed by atoms with Crippen LogP contribution in [0.25, 0.3) is 0 Å². The summed E-state index contributed by atoms with van der Waals surface area (Å²) in [6, 6.07) is 1.79. The molecule has 13 nitrogen and oxygen atoms in total. The number of rotatable bonds is 18. The van der Waals surface area contributed by atoms with Gasteiger partial charge in [-0.25, -0.2) is 0 Å². The molecule has 14 rings (SSSR count). The van der Waals surface area contributed by atoms with Gasteiger partial charge >= 0.3 is 6.18 Å². The molecule has 10 saturated heterocycles. The predicted molar refractivity (Wildman–Crippen MR) is 463 cm³/mol. The molecule has 0 aromatic rings. The Hall–Kier alpha value is -0.730. The zero-order valence-corrected chi connectivity index (χ0v) is 76.6. The molecule has 0 aromatic heterocycles. The zero-order chi connectivity index (χ0) is 80.9. The molecule has 5 atom stereocenters. The fourth-order valence-electron chi connectivity index (χ4n) is 15.4. The summed E-state index contributed by atoms with van der Waals surface area (Å²) in [5, 5.41) is 0. The summed E-state index contributed by atoms with van der Waals surface area (Å²) in [6.07, 6.45) is 27.7. The van der Waals surface area contributed by atoms with Crippen LogP contribution in [0.3, 0.4) is 0 Å². The highest BCUT2D eigenvalue weighted by atomic mass is 19.4. The second-order valence-corrected chi connectivity index (χ2v) is 37.8. The smallest absolute Gasteiger partial charge is 0.385 e. The average molecular weight is 1540 g/mol. The van der Waals surface area contributed by atoms with Crippen LogP contribution in [-0.4, -0.2) is 280 Å². The fourth-order valence-corrected chi connectivity index (χ4v) is 15.4. The standard InChI is InChI=1S/C8H14F3N.C8H17NO.C8H15N.C8H17N.C7H13N.2C7H15N.C7H14.C6H13N.C6H12O.C5H11N.2C5H12O.C5H10/c1-7-2-4-12(6-7)5-3-8(9,10)11;1-2-3-4-9-5-7-10-8-6-9;1-7-4-9(5-7)6-8-2-3-8;1-3-9-6-4-5-8(2)7-9;1-6-4-8(5-6)7-2-3-7;1-6(2)8-4-7(3)5-8;1-3-8-5-4-7(2)6-8;1-3-7(2)5-4-6-7;1-6-3-4-7(2)5-6;1-2-6-4-3-5-7-6;1-5-3-6(2)4-5;1-5(2)4-6-3;1-3-4-5-6-2;1-5-3-2-4-5/h7H,2-6H2,1H3;2-8H2,1H3;7-8H,2-6H2,1H3;8H,3-7H2,1-2H3;6-7H,2-5H2,1H3;6-7H,4-5H2,1-3H3;7H,3-6H2,1-2H3;3-6H2,1-2H3;6H,3-5H2,1-2H3;6H,2-5H2,1H3;5H,3-4H2,1-2H3;5H,4H2,1-3H3;3-5H2,1-2H3;5H,2-4H2,1H3/t7-;;;8-;;;7-;;6-;;;;;/m0..1..0.0...../s1. The van der Waals surface area contributed by atoms with E-state index in [2.05, 4.69) is 192 Å². The number of ether oxygens (including phenoxy) is 4. The highest BCUT2D eigenvalue weighted by Crippen LogP contribution is 2.43. The number of methoxy groups -OCH3 is 2. The minimum Gasteiger partial charge on any atom is -0.385 e. The number of piperidine rings is 1. The quantitative estimate of drug-likeness (QED) is 0.123. The Kier molecular flexibility index (Phi) is 61.8. The van der Waals surface area contributed by atoms with Crippen molar-refractivity contribution in [3.05, 3.63) is 0 Å². The van der Waals surface area contributed by atoms with E-state index in [-0.39, 0.29) is 6.54 Å². The highest BCUT2D eigenvalue weighted by Gasteiger charge is 2.36. The van der Waals surface area contributed by atoms with Gasteiger partial charge in [0.2, 0.25) is 0 Å². The van der Waals surface area contributed by atoms with Gasteiger partial charge in [0.25, 0.3) is 0 Å². The molecule has 0 amide bonds. The van der Waals surface area contributed by atoms with E-state index >= 15 is 0 Å². The molecule has 16 heteroatoms. The van der Waals surface area contributed by atoms with Gasteiger partial charge in [-0.05, 0) is 247 Å². The third-order valence-corrected chi connectivity index (χ3v) is 24.0. The summed E-state index contributed by atoms with van der Waals surface area (Å²) in [7, 11) is 7.79. The largest absolute Gasteiger partial charge is 0.390 e. The van der Waals surface area contributed by atoms with Gasteiger partial charge in [-0.3, -0.25) is 9.80 Å². The van der Waals surface area contributed by atoms with Crippen molar-refractivity contribution in [2.24, 2.45) is 70.5 Å². The van der Waals surface area contributed by atoms with Crippen LogP contribution in [0.2, 0.25) is 0 Å². The summed E-state index contributed by atoms with van der Waals surface area (Å²) in [5.41, 5.74) is 0.764. The maximum Gasteiger partial charge on any atom is 0.390 e. The van der Waals surface area contributed by atoms with Gasteiger partial charge in [0.15, 0.2) is 0 Å². The van der Waals surface area contributed by atoms with E-state index in [1.807, 2.05) is 4.90 Å². The topological polar surface area (TPSA) is 66.1 Å². The van der Waals surface area contributed by atoms with Gasteiger partial charge in [0.1, 0.15) is 0 Å². The molecule has 0 aromatic carbocycles. The molecule has 10 aliphatic heterocycles. The van der Waals surface area contributed by atoms with Crippen LogP contribution in [0.5, 0.6) is 0 Å². The van der Waals surface area contributed by atoms with Crippen LogP contribution >= 0.6 is 0 Å². The lowest BCUT2D eigenvalue weighted by Gasteiger charge is -2.40. The van der Waals surface area contributed by atoms with E-state index in [1.54, 1.807) is 14.2 Å². The maximum absolute atomic E-state index is 11.8. The third kappa shape index (κ3) is 58.2. The first-order valence-electron chi connectivity index (χ1n) is 46.0. The predicted octanol–water partition coefficient (Wildman–Crippen LogP) is 20.5. The Bertz CT molecular complexity index is 1920. The number of hydrogen-bond donors (Lipinski definition) is 0. The molecule has 10 heterocycles. The molecular formula is C92H190F3N9O4. The minimum atomic E-state index is -3.99. The average Bonchev–Trinajstić information content (AvgIpc) is 1.66. The SMILES string of the molecule is CC1CCC1.CC1CN(C(C)C)C1.CC1CN(C)C1.CC1CN(C2CC2)C1.CC1CN(CC2CC2)C1.CCC1(C)CCC1.CCC1CCCO1.CCCCN1CCOCC1.CCCCOC.CCN1CCC[C@@H](C)C1.CCN1CC[C@H](C)C1.COCC(C)C.C[C@H]1CCN(C)C1.C[C@H]1CCN(CCC(F)(F)F)C1. The van der Waals surface area contributed by atoms with Gasteiger partial charge in [-0.15, -0.1) is 0 Å². The van der Waals surface area contributed by atoms with Gasteiger partial charge in [0.05, 0.1) is 25.7 Å². The molecule has 4 saturated carbocycles. The first-order chi connectivity index (χ1) is 51.3. The second kappa shape index (κ2) is 63.4. The van der Waals surface area contributed by atoms with Crippen LogP contribution in [0.15, 0.2) is 0 Å². The lowest BCUT2D eigenvalue weighted by atomic mass is 9.69. The van der Waals surface area contributed by atoms with Crippen LogP contribution in [0.4, 0.5) is 13.2 Å². The molecule has 0 radical (unpaired) electrons. The van der Waals surface area contributed by atoms with E-state index in [0.717, 1.165) is 136 Å². The Labute approximate surface area is 672 Å². The molecule has 0 bridgehead atoms. The van der Waals surface area contributed by atoms with Crippen molar-refractivity contribution in [1.29, 1.82) is 0 Å². The lowest BCUT2D eigenvalue weighted by molar-refractivity contribution is -0.137. The Morgan fingerprint density at radius 1 is 0.454 bits per heavy atom. The van der Waals surface area contributed by atoms with E-state index in [9.17, 15) is 13.2 Å². The number of unbranched alkanes of at least 4 members (excludes halogenated alkanes) is 2. The minimum absolute atomic E-state index is 0.174. The van der Waals surface area contributed by atoms with E-state index in [1.165, 1.54) is 259 Å². The maximum atomic E-state index is 11.8. The fraction of sp³-hybridized carbons (Fsp3) is 1.00. The van der Waals surface area contributed by atoms with Crippen molar-refractivity contribution in [3.63, 3.8) is 0 Å². The zero-order valence-electron chi connectivity index (χ0n) is 76.6. The van der Waals surface area contributed by atoms with Gasteiger partial charge in [-0.1, -0.05) is 170 Å². The first-order valence-corrected chi connectivity index (χ1v) is 46.0. The Morgan fingerprint density at radius 3 is 1.19 bits per heavy atom. The summed E-state index contributed by atoms with van der Waals surface area (Å²) < 4.78 is 55.5. The van der Waals surface area contributed by atoms with E-state index in [0.29, 0.717) is 17.9 Å². The van der Waals surface area contributed by atoms with Crippen LogP contribution in [0, 0.1) is 70.5 Å². The van der Waals surface area contributed by atoms with Crippen LogP contribution in [0.1, 0.15) is 293 Å². The van der Waals surface area contributed by atoms with Crippen LogP contribution in [-0.2, 0) is 18.9 Å². The molecule has 1 unspecified atom stereocenters. The van der Waals surface area contributed by atoms with Crippen molar-refractivity contribution in [2.45, 2.75) is 317 Å². The molecular weight excluding hydrogens is 1350 g/mol. The molecule has 14 fully saturated rings. The molecule has 0 N–H and O–H groups in total. The van der Waals surface area contributed by atoms with Gasteiger partial charge in [-0.2, -0.15) is 13.2 Å². The highest BCUT2D eigenvalue weighted by molar-refractivity contribution is 4.91. The monoisotopic (exact) mass is 1540 g/mol. The van der Waals surface area contributed by atoms with E-state index < -0.39 is 12.6 Å². The first kappa shape index (κ1) is 105. The third-order valence-electron chi connectivity index (χ3n) is 24.0. The van der Waals surface area contributed by atoms with Gasteiger partial charge < -0.3 is 53.2 Å². The molecule has 108 heavy (non-hydrogen) atoms.